The first-order valence-corrected chi connectivity index (χ1v) is 4.02. The lowest BCUT2D eigenvalue weighted by molar-refractivity contribution is 0.827. The van der Waals surface area contributed by atoms with Crippen molar-refractivity contribution in [2.24, 2.45) is 0 Å². The zero-order valence-electron chi connectivity index (χ0n) is 7.29. The molecule has 0 amide bonds. The van der Waals surface area contributed by atoms with Gasteiger partial charge in [0.25, 0.3) is 0 Å². The predicted molar refractivity (Wildman–Crippen MR) is 45.5 cm³/mol. The first-order valence-electron chi connectivity index (χ1n) is 4.02. The molecule has 0 aliphatic heterocycles. The molecule has 0 spiro atoms. The molecule has 1 radical (unpaired) electrons. The molecule has 0 aliphatic carbocycles. The van der Waals surface area contributed by atoms with Crippen LogP contribution in [-0.4, -0.2) is 45.6 Å². The summed E-state index contributed by atoms with van der Waals surface area (Å²) < 4.78 is 1.46. The van der Waals surface area contributed by atoms with Crippen LogP contribution in [0.4, 0.5) is 0 Å². The summed E-state index contributed by atoms with van der Waals surface area (Å²) in [5.74, 6) is 1.01. The van der Waals surface area contributed by atoms with Crippen molar-refractivity contribution in [2.45, 2.75) is 0 Å². The molecule has 9 nitrogen and oxygen atoms in total. The van der Waals surface area contributed by atoms with Crippen molar-refractivity contribution >= 4 is 0 Å². The Morgan fingerprint density at radius 1 is 1.13 bits per heavy atom. The van der Waals surface area contributed by atoms with Gasteiger partial charge in [-0.2, -0.15) is 4.68 Å². The number of H-pyrrole nitrogens is 2. The highest BCUT2D eigenvalue weighted by atomic mass is 15.4. The van der Waals surface area contributed by atoms with Gasteiger partial charge in [0.1, 0.15) is 5.69 Å². The van der Waals surface area contributed by atoms with E-state index in [9.17, 15) is 0 Å². The molecule has 0 bridgehead atoms. The third-order valence-electron chi connectivity index (χ3n) is 1.77. The first kappa shape index (κ1) is 7.79. The lowest BCUT2D eigenvalue weighted by Crippen LogP contribution is -2.00. The summed E-state index contributed by atoms with van der Waals surface area (Å²) in [4.78, 5) is 3.94. The summed E-state index contributed by atoms with van der Waals surface area (Å²) in [5, 5.41) is 23.9. The van der Waals surface area contributed by atoms with Gasteiger partial charge in [0, 0.05) is 0 Å². The molecule has 15 heavy (non-hydrogen) atoms. The number of hydrogen-bond acceptors (Lipinski definition) is 6. The van der Waals surface area contributed by atoms with E-state index in [-0.39, 0.29) is 0 Å². The molecular weight excluding hydrogens is 198 g/mol. The van der Waals surface area contributed by atoms with Crippen LogP contribution in [0.25, 0.3) is 17.3 Å². The molecule has 3 aromatic rings. The van der Waals surface area contributed by atoms with Gasteiger partial charge in [0.2, 0.25) is 6.33 Å². The summed E-state index contributed by atoms with van der Waals surface area (Å²) >= 11 is 0. The fourth-order valence-electron chi connectivity index (χ4n) is 1.14. The molecule has 0 saturated carbocycles. The highest BCUT2D eigenvalue weighted by Gasteiger charge is 2.13. The van der Waals surface area contributed by atoms with Crippen LogP contribution in [0.2, 0.25) is 0 Å². The van der Waals surface area contributed by atoms with Crippen LogP contribution in [0.5, 0.6) is 0 Å². The smallest absolute Gasteiger partial charge is 0.222 e. The minimum absolute atomic E-state index is 0.498. The maximum atomic E-state index is 3.94. The van der Waals surface area contributed by atoms with Crippen molar-refractivity contribution in [3.63, 3.8) is 0 Å². The summed E-state index contributed by atoms with van der Waals surface area (Å²) in [6, 6.07) is 0. The molecule has 0 aliphatic rings. The van der Waals surface area contributed by atoms with Gasteiger partial charge in [0.15, 0.2) is 11.6 Å². The third kappa shape index (κ3) is 1.17. The van der Waals surface area contributed by atoms with Crippen LogP contribution in [-0.2, 0) is 0 Å². The summed E-state index contributed by atoms with van der Waals surface area (Å²) in [6.07, 6.45) is 5.67. The molecule has 0 aromatic carbocycles. The van der Waals surface area contributed by atoms with Crippen LogP contribution in [0.15, 0.2) is 12.4 Å². The number of aromatic amines is 2. The fraction of sp³-hybridized carbons (Fsp3) is 0. The third-order valence-corrected chi connectivity index (χ3v) is 1.77. The van der Waals surface area contributed by atoms with E-state index in [1.807, 2.05) is 0 Å². The standard InChI is InChI=1S/C6H4N9/c1-4(11-13-8-1)6-7-3-10-15(6)5-2-9-14-12-5/h1-2H,(H,8,11,13)(H,9,12,14). The van der Waals surface area contributed by atoms with Gasteiger partial charge >= 0.3 is 0 Å². The number of hydrogen-bond donors (Lipinski definition) is 2. The number of rotatable bonds is 2. The minimum Gasteiger partial charge on any atom is -0.265 e. The van der Waals surface area contributed by atoms with E-state index in [1.54, 1.807) is 12.4 Å². The van der Waals surface area contributed by atoms with Crippen molar-refractivity contribution in [3.05, 3.63) is 18.7 Å². The van der Waals surface area contributed by atoms with Crippen LogP contribution < -0.4 is 0 Å². The Labute approximate surface area is 82.5 Å². The van der Waals surface area contributed by atoms with E-state index in [0.29, 0.717) is 17.3 Å². The molecule has 0 saturated heterocycles. The second-order valence-corrected chi connectivity index (χ2v) is 2.64. The van der Waals surface area contributed by atoms with Crippen LogP contribution in [0, 0.1) is 6.33 Å². The SMILES string of the molecule is [c]1nc(-c2c[nH]nn2)n(-c2c[nH]nn2)n1. The molecule has 2 N–H and O–H groups in total. The maximum absolute atomic E-state index is 3.94. The average Bonchev–Trinajstić information content (AvgIpc) is 3.01. The maximum Gasteiger partial charge on any atom is 0.222 e. The van der Waals surface area contributed by atoms with Gasteiger partial charge in [-0.15, -0.1) is 15.3 Å². The quantitative estimate of drug-likeness (QED) is 0.549. The number of nitrogens with zero attached hydrogens (tertiary/aromatic N) is 7. The largest absolute Gasteiger partial charge is 0.265 e. The Morgan fingerprint density at radius 2 is 2.00 bits per heavy atom. The highest BCUT2D eigenvalue weighted by molar-refractivity contribution is 5.48. The molecule has 3 aromatic heterocycles. The van der Waals surface area contributed by atoms with Crippen molar-refractivity contribution in [1.29, 1.82) is 0 Å². The molecule has 3 heterocycles. The van der Waals surface area contributed by atoms with Gasteiger partial charge < -0.3 is 0 Å². The van der Waals surface area contributed by atoms with Gasteiger partial charge in [0.05, 0.1) is 12.4 Å². The highest BCUT2D eigenvalue weighted by Crippen LogP contribution is 2.13. The topological polar surface area (TPSA) is 114 Å². The van der Waals surface area contributed by atoms with Crippen molar-refractivity contribution in [2.75, 3.05) is 0 Å². The number of nitrogens with one attached hydrogen (secondary N) is 2. The predicted octanol–water partition coefficient (Wildman–Crippen LogP) is -1.03. The summed E-state index contributed by atoms with van der Waals surface area (Å²) in [5.41, 5.74) is 0.562. The fourth-order valence-corrected chi connectivity index (χ4v) is 1.14. The van der Waals surface area contributed by atoms with E-state index >= 15 is 0 Å². The average molecular weight is 202 g/mol. The Kier molecular flexibility index (Phi) is 1.54. The molecule has 3 rings (SSSR count). The Balaban J connectivity index is 2.15. The summed E-state index contributed by atoms with van der Waals surface area (Å²) in [7, 11) is 0. The lowest BCUT2D eigenvalue weighted by Gasteiger charge is -1.96. The van der Waals surface area contributed by atoms with Crippen molar-refractivity contribution in [3.8, 4) is 17.3 Å². The molecule has 9 heteroatoms. The molecule has 0 atom stereocenters. The van der Waals surface area contributed by atoms with Crippen LogP contribution in [0.3, 0.4) is 0 Å². The number of aromatic nitrogens is 9. The van der Waals surface area contributed by atoms with Crippen LogP contribution >= 0.6 is 0 Å². The first-order chi connectivity index (χ1) is 7.45. The molecule has 73 valence electrons. The van der Waals surface area contributed by atoms with E-state index in [4.69, 9.17) is 0 Å². The van der Waals surface area contributed by atoms with Gasteiger partial charge in [-0.05, 0) is 0 Å². The van der Waals surface area contributed by atoms with E-state index in [0.717, 1.165) is 0 Å². The van der Waals surface area contributed by atoms with E-state index < -0.39 is 0 Å². The zero-order chi connectivity index (χ0) is 10.1. The zero-order valence-corrected chi connectivity index (χ0v) is 7.29. The Bertz CT molecular complexity index is 484. The van der Waals surface area contributed by atoms with E-state index in [1.165, 1.54) is 4.68 Å². The van der Waals surface area contributed by atoms with E-state index in [2.05, 4.69) is 47.2 Å². The molecular formula is C6H4N9. The van der Waals surface area contributed by atoms with Gasteiger partial charge in [-0.1, -0.05) is 10.4 Å². The second-order valence-electron chi connectivity index (χ2n) is 2.64. The normalized spacial score (nSPS) is 10.7. The van der Waals surface area contributed by atoms with Crippen molar-refractivity contribution in [1.82, 2.24) is 45.6 Å². The minimum atomic E-state index is 0.498. The summed E-state index contributed by atoms with van der Waals surface area (Å²) in [6.45, 7) is 0. The molecule has 0 fully saturated rings. The second kappa shape index (κ2) is 2.97. The van der Waals surface area contributed by atoms with Gasteiger partial charge in [-0.25, -0.2) is 4.98 Å². The monoisotopic (exact) mass is 202 g/mol. The Morgan fingerprint density at radius 3 is 2.73 bits per heavy atom. The molecule has 0 unspecified atom stereocenters. The van der Waals surface area contributed by atoms with Crippen LogP contribution in [0.1, 0.15) is 0 Å². The van der Waals surface area contributed by atoms with Gasteiger partial charge in [-0.3, -0.25) is 10.2 Å². The van der Waals surface area contributed by atoms with Crippen molar-refractivity contribution < 1.29 is 0 Å². The lowest BCUT2D eigenvalue weighted by atomic mass is 10.4. The Hall–Kier alpha value is -2.58.